The lowest BCUT2D eigenvalue weighted by Gasteiger charge is -2.04. The number of ether oxygens (including phenoxy) is 1. The summed E-state index contributed by atoms with van der Waals surface area (Å²) in [6, 6.07) is 1.94. The predicted octanol–water partition coefficient (Wildman–Crippen LogP) is 1.08. The third-order valence-electron chi connectivity index (χ3n) is 2.78. The second-order valence-electron chi connectivity index (χ2n) is 4.41. The van der Waals surface area contributed by atoms with E-state index in [1.807, 2.05) is 25.4 Å². The molecule has 2 aromatic rings. The number of fused-ring (bicyclic) bond motifs is 1. The molecule has 2 aromatic heterocycles. The number of nitrogens with zero attached hydrogens (tertiary/aromatic N) is 3. The average molecular weight is 262 g/mol. The highest BCUT2D eigenvalue weighted by Crippen LogP contribution is 2.04. The highest BCUT2D eigenvalue weighted by molar-refractivity contribution is 5.69. The SMILES string of the molecule is COC(=O)CCCNCc1cnc2cc(C)nn2c1. The van der Waals surface area contributed by atoms with Crippen LogP contribution in [0.1, 0.15) is 24.1 Å². The molecule has 6 heteroatoms. The van der Waals surface area contributed by atoms with Crippen molar-refractivity contribution in [2.24, 2.45) is 0 Å². The van der Waals surface area contributed by atoms with Crippen LogP contribution in [0.3, 0.4) is 0 Å². The summed E-state index contributed by atoms with van der Waals surface area (Å²) in [5.41, 5.74) is 2.87. The van der Waals surface area contributed by atoms with Gasteiger partial charge in [-0.05, 0) is 19.9 Å². The van der Waals surface area contributed by atoms with Gasteiger partial charge in [-0.15, -0.1) is 0 Å². The summed E-state index contributed by atoms with van der Waals surface area (Å²) in [7, 11) is 1.41. The molecule has 0 aromatic carbocycles. The topological polar surface area (TPSA) is 68.5 Å². The molecule has 0 unspecified atom stereocenters. The average Bonchev–Trinajstić information content (AvgIpc) is 2.77. The van der Waals surface area contributed by atoms with Crippen LogP contribution in [0.4, 0.5) is 0 Å². The third-order valence-corrected chi connectivity index (χ3v) is 2.78. The van der Waals surface area contributed by atoms with Crippen LogP contribution in [0.25, 0.3) is 5.65 Å². The number of aryl methyl sites for hydroxylation is 1. The number of hydrogen-bond donors (Lipinski definition) is 1. The van der Waals surface area contributed by atoms with E-state index in [0.717, 1.165) is 29.9 Å². The van der Waals surface area contributed by atoms with E-state index in [-0.39, 0.29) is 5.97 Å². The van der Waals surface area contributed by atoms with Crippen LogP contribution in [0, 0.1) is 6.92 Å². The predicted molar refractivity (Wildman–Crippen MR) is 70.7 cm³/mol. The Morgan fingerprint density at radius 3 is 3.16 bits per heavy atom. The van der Waals surface area contributed by atoms with Crippen LogP contribution in [0.2, 0.25) is 0 Å². The summed E-state index contributed by atoms with van der Waals surface area (Å²) < 4.78 is 6.36. The number of esters is 1. The summed E-state index contributed by atoms with van der Waals surface area (Å²) in [6.45, 7) is 3.42. The Labute approximate surface area is 111 Å². The van der Waals surface area contributed by atoms with Crippen LogP contribution in [0.15, 0.2) is 18.5 Å². The second-order valence-corrected chi connectivity index (χ2v) is 4.41. The number of methoxy groups -OCH3 is 1. The molecule has 0 saturated carbocycles. The molecule has 0 aliphatic rings. The van der Waals surface area contributed by atoms with Gasteiger partial charge in [0.15, 0.2) is 5.65 Å². The fourth-order valence-corrected chi connectivity index (χ4v) is 1.82. The van der Waals surface area contributed by atoms with Gasteiger partial charge in [-0.2, -0.15) is 5.10 Å². The Bertz CT molecular complexity index is 565. The molecule has 0 radical (unpaired) electrons. The molecule has 0 amide bonds. The maximum absolute atomic E-state index is 10.9. The maximum atomic E-state index is 10.9. The van der Waals surface area contributed by atoms with Crippen LogP contribution in [0.5, 0.6) is 0 Å². The molecule has 1 N–H and O–H groups in total. The second kappa shape index (κ2) is 6.29. The molecule has 0 fully saturated rings. The molecule has 0 saturated heterocycles. The molecule has 0 spiro atoms. The van der Waals surface area contributed by atoms with Crippen LogP contribution < -0.4 is 5.32 Å². The Morgan fingerprint density at radius 1 is 1.53 bits per heavy atom. The van der Waals surface area contributed by atoms with Crippen molar-refractivity contribution in [3.63, 3.8) is 0 Å². The van der Waals surface area contributed by atoms with E-state index < -0.39 is 0 Å². The molecule has 2 rings (SSSR count). The van der Waals surface area contributed by atoms with E-state index in [2.05, 4.69) is 20.1 Å². The molecule has 0 aliphatic carbocycles. The smallest absolute Gasteiger partial charge is 0.305 e. The Morgan fingerprint density at radius 2 is 2.37 bits per heavy atom. The zero-order chi connectivity index (χ0) is 13.7. The normalized spacial score (nSPS) is 10.8. The van der Waals surface area contributed by atoms with Gasteiger partial charge < -0.3 is 10.1 Å². The van der Waals surface area contributed by atoms with Crippen molar-refractivity contribution < 1.29 is 9.53 Å². The van der Waals surface area contributed by atoms with Crippen molar-refractivity contribution in [2.45, 2.75) is 26.3 Å². The van der Waals surface area contributed by atoms with E-state index in [9.17, 15) is 4.79 Å². The maximum Gasteiger partial charge on any atom is 0.305 e. The first kappa shape index (κ1) is 13.5. The Balaban J connectivity index is 1.79. The third kappa shape index (κ3) is 3.75. The fraction of sp³-hybridized carbons (Fsp3) is 0.462. The summed E-state index contributed by atoms with van der Waals surface area (Å²) in [5, 5.41) is 7.58. The Hall–Kier alpha value is -1.95. The van der Waals surface area contributed by atoms with Gasteiger partial charge in [0.2, 0.25) is 0 Å². The highest BCUT2D eigenvalue weighted by Gasteiger charge is 2.01. The van der Waals surface area contributed by atoms with E-state index in [0.29, 0.717) is 13.0 Å². The number of hydrogen-bond acceptors (Lipinski definition) is 5. The van der Waals surface area contributed by atoms with Gasteiger partial charge in [0.05, 0.1) is 12.8 Å². The first-order valence-corrected chi connectivity index (χ1v) is 6.27. The van der Waals surface area contributed by atoms with E-state index in [4.69, 9.17) is 0 Å². The van der Waals surface area contributed by atoms with Gasteiger partial charge in [0.25, 0.3) is 0 Å². The zero-order valence-electron chi connectivity index (χ0n) is 11.2. The molecule has 0 aliphatic heterocycles. The number of nitrogens with one attached hydrogen (secondary N) is 1. The van der Waals surface area contributed by atoms with Gasteiger partial charge in [-0.25, -0.2) is 9.50 Å². The highest BCUT2D eigenvalue weighted by atomic mass is 16.5. The largest absolute Gasteiger partial charge is 0.469 e. The van der Waals surface area contributed by atoms with Crippen molar-refractivity contribution >= 4 is 11.6 Å². The summed E-state index contributed by atoms with van der Waals surface area (Å²) in [6.07, 6.45) is 5.01. The lowest BCUT2D eigenvalue weighted by atomic mass is 10.3. The van der Waals surface area contributed by atoms with Crippen molar-refractivity contribution in [3.05, 3.63) is 29.7 Å². The first-order valence-electron chi connectivity index (χ1n) is 6.27. The lowest BCUT2D eigenvalue weighted by Crippen LogP contribution is -2.16. The van der Waals surface area contributed by atoms with Gasteiger partial charge in [0, 0.05) is 37.0 Å². The van der Waals surface area contributed by atoms with Gasteiger partial charge in [0.1, 0.15) is 0 Å². The van der Waals surface area contributed by atoms with Crippen LogP contribution in [-0.2, 0) is 16.1 Å². The first-order chi connectivity index (χ1) is 9.19. The number of rotatable bonds is 6. The van der Waals surface area contributed by atoms with Crippen molar-refractivity contribution in [3.8, 4) is 0 Å². The molecular formula is C13H18N4O2. The Kier molecular flexibility index (Phi) is 4.46. The molecule has 0 bridgehead atoms. The van der Waals surface area contributed by atoms with Crippen molar-refractivity contribution in [1.29, 1.82) is 0 Å². The van der Waals surface area contributed by atoms with Gasteiger partial charge in [-0.3, -0.25) is 4.79 Å². The molecule has 6 nitrogen and oxygen atoms in total. The minimum atomic E-state index is -0.170. The summed E-state index contributed by atoms with van der Waals surface area (Å²) in [5.74, 6) is -0.170. The van der Waals surface area contributed by atoms with Crippen molar-refractivity contribution in [1.82, 2.24) is 19.9 Å². The minimum absolute atomic E-state index is 0.170. The fourth-order valence-electron chi connectivity index (χ4n) is 1.82. The standard InChI is InChI=1S/C13H18N4O2/c1-10-6-12-15-8-11(9-17(12)16-10)7-14-5-3-4-13(18)19-2/h6,8-9,14H,3-5,7H2,1-2H3. The number of aromatic nitrogens is 3. The molecule has 19 heavy (non-hydrogen) atoms. The number of carbonyl (C=O) groups excluding carboxylic acids is 1. The van der Waals surface area contributed by atoms with Gasteiger partial charge >= 0.3 is 5.97 Å². The zero-order valence-corrected chi connectivity index (χ0v) is 11.2. The van der Waals surface area contributed by atoms with E-state index in [1.54, 1.807) is 4.52 Å². The summed E-state index contributed by atoms with van der Waals surface area (Å²) in [4.78, 5) is 15.3. The monoisotopic (exact) mass is 262 g/mol. The lowest BCUT2D eigenvalue weighted by molar-refractivity contribution is -0.140. The minimum Gasteiger partial charge on any atom is -0.469 e. The molecule has 102 valence electrons. The molecule has 0 atom stereocenters. The quantitative estimate of drug-likeness (QED) is 0.623. The van der Waals surface area contributed by atoms with E-state index in [1.165, 1.54) is 7.11 Å². The summed E-state index contributed by atoms with van der Waals surface area (Å²) >= 11 is 0. The van der Waals surface area contributed by atoms with Gasteiger partial charge in [-0.1, -0.05) is 0 Å². The van der Waals surface area contributed by atoms with Crippen LogP contribution >= 0.6 is 0 Å². The molecular weight excluding hydrogens is 244 g/mol. The number of carbonyl (C=O) groups is 1. The van der Waals surface area contributed by atoms with E-state index >= 15 is 0 Å². The van der Waals surface area contributed by atoms with Crippen molar-refractivity contribution in [2.75, 3.05) is 13.7 Å². The molecule has 2 heterocycles. The van der Waals surface area contributed by atoms with Crippen LogP contribution in [-0.4, -0.2) is 34.2 Å².